The van der Waals surface area contributed by atoms with E-state index in [1.165, 1.54) is 0 Å². The van der Waals surface area contributed by atoms with Crippen molar-refractivity contribution >= 4 is 5.91 Å². The van der Waals surface area contributed by atoms with Crippen molar-refractivity contribution in [2.24, 2.45) is 5.92 Å². The summed E-state index contributed by atoms with van der Waals surface area (Å²) >= 11 is 0. The lowest BCUT2D eigenvalue weighted by atomic mass is 9.80. The molecule has 1 saturated carbocycles. The summed E-state index contributed by atoms with van der Waals surface area (Å²) < 4.78 is 5.49. The number of carbonyl (C=O) groups is 1. The molecule has 4 heteroatoms. The summed E-state index contributed by atoms with van der Waals surface area (Å²) in [5.41, 5.74) is 1.94. The van der Waals surface area contributed by atoms with E-state index in [0.717, 1.165) is 30.6 Å². The number of aliphatic hydroxyl groups excluding tert-OH is 1. The van der Waals surface area contributed by atoms with Gasteiger partial charge < -0.3 is 15.2 Å². The third-order valence-corrected chi connectivity index (χ3v) is 3.76. The van der Waals surface area contributed by atoms with Crippen LogP contribution >= 0.6 is 0 Å². The molecular formula is C16H23NO3. The van der Waals surface area contributed by atoms with Crippen molar-refractivity contribution in [3.05, 3.63) is 35.4 Å². The van der Waals surface area contributed by atoms with Crippen molar-refractivity contribution < 1.29 is 14.6 Å². The molecule has 0 aliphatic heterocycles. The molecule has 0 atom stereocenters. The topological polar surface area (TPSA) is 58.6 Å². The third-order valence-electron chi connectivity index (χ3n) is 3.76. The van der Waals surface area contributed by atoms with Gasteiger partial charge in [0.15, 0.2) is 0 Å². The molecule has 1 aromatic carbocycles. The lowest BCUT2D eigenvalue weighted by Gasteiger charge is -2.34. The van der Waals surface area contributed by atoms with Gasteiger partial charge in [-0.15, -0.1) is 0 Å². The molecule has 0 saturated heterocycles. The van der Waals surface area contributed by atoms with E-state index in [4.69, 9.17) is 9.84 Å². The number of nitrogens with one attached hydrogen (secondary N) is 1. The molecule has 1 fully saturated rings. The van der Waals surface area contributed by atoms with Crippen molar-refractivity contribution in [3.8, 4) is 0 Å². The minimum Gasteiger partial charge on any atom is -0.392 e. The fourth-order valence-electron chi connectivity index (χ4n) is 2.51. The smallest absolute Gasteiger partial charge is 0.220 e. The quantitative estimate of drug-likeness (QED) is 0.801. The van der Waals surface area contributed by atoms with Gasteiger partial charge in [0.1, 0.15) is 0 Å². The van der Waals surface area contributed by atoms with E-state index >= 15 is 0 Å². The van der Waals surface area contributed by atoms with Crippen LogP contribution in [0, 0.1) is 5.92 Å². The number of benzene rings is 1. The number of hydrogen-bond donors (Lipinski definition) is 2. The first-order valence-electron chi connectivity index (χ1n) is 7.28. The molecule has 0 aromatic heterocycles. The number of rotatable bonds is 7. The molecule has 1 amide bonds. The Morgan fingerprint density at radius 2 is 1.95 bits per heavy atom. The van der Waals surface area contributed by atoms with Crippen LogP contribution in [0.4, 0.5) is 0 Å². The van der Waals surface area contributed by atoms with E-state index in [-0.39, 0.29) is 12.5 Å². The molecular weight excluding hydrogens is 254 g/mol. The zero-order chi connectivity index (χ0) is 14.4. The maximum Gasteiger partial charge on any atom is 0.220 e. The minimum absolute atomic E-state index is 0.0509. The van der Waals surface area contributed by atoms with Gasteiger partial charge >= 0.3 is 0 Å². The van der Waals surface area contributed by atoms with E-state index < -0.39 is 0 Å². The predicted octanol–water partition coefficient (Wildman–Crippen LogP) is 2.00. The number of aliphatic hydroxyl groups is 1. The Labute approximate surface area is 120 Å². The van der Waals surface area contributed by atoms with Crippen LogP contribution in [0.1, 0.15) is 37.3 Å². The standard InChI is InChI=1S/C16H23NO3/c1-2-20-15-7-14(8-15)9-16(19)17-10-12-3-5-13(11-18)6-4-12/h3-6,14-15,18H,2,7-11H2,1H3,(H,17,19). The Morgan fingerprint density at radius 3 is 2.55 bits per heavy atom. The minimum atomic E-state index is 0.0509. The van der Waals surface area contributed by atoms with Crippen LogP contribution in [0.2, 0.25) is 0 Å². The summed E-state index contributed by atoms with van der Waals surface area (Å²) in [6.07, 6.45) is 2.97. The molecule has 4 nitrogen and oxygen atoms in total. The summed E-state index contributed by atoms with van der Waals surface area (Å²) in [6.45, 7) is 3.36. The Kier molecular flexibility index (Phi) is 5.56. The lowest BCUT2D eigenvalue weighted by Crippen LogP contribution is -2.35. The first kappa shape index (κ1) is 15.0. The average Bonchev–Trinajstić information content (AvgIpc) is 2.43. The van der Waals surface area contributed by atoms with Crippen LogP contribution in [-0.4, -0.2) is 23.7 Å². The molecule has 0 bridgehead atoms. The fraction of sp³-hybridized carbons (Fsp3) is 0.562. The summed E-state index contributed by atoms with van der Waals surface area (Å²) in [5.74, 6) is 0.583. The van der Waals surface area contributed by atoms with Crippen LogP contribution in [-0.2, 0) is 22.7 Å². The summed E-state index contributed by atoms with van der Waals surface area (Å²) in [6, 6.07) is 7.61. The second-order valence-corrected chi connectivity index (χ2v) is 5.37. The highest BCUT2D eigenvalue weighted by atomic mass is 16.5. The predicted molar refractivity (Wildman–Crippen MR) is 77.0 cm³/mol. The van der Waals surface area contributed by atoms with Crippen LogP contribution in [0.15, 0.2) is 24.3 Å². The molecule has 2 rings (SSSR count). The first-order valence-corrected chi connectivity index (χ1v) is 7.28. The van der Waals surface area contributed by atoms with Crippen molar-refractivity contribution in [3.63, 3.8) is 0 Å². The number of amides is 1. The zero-order valence-corrected chi connectivity index (χ0v) is 12.0. The number of carbonyl (C=O) groups excluding carboxylic acids is 1. The second-order valence-electron chi connectivity index (χ2n) is 5.37. The van der Waals surface area contributed by atoms with Gasteiger partial charge in [0, 0.05) is 19.6 Å². The van der Waals surface area contributed by atoms with Crippen LogP contribution in [0.3, 0.4) is 0 Å². The van der Waals surface area contributed by atoms with E-state index in [1.807, 2.05) is 31.2 Å². The molecule has 2 N–H and O–H groups in total. The molecule has 20 heavy (non-hydrogen) atoms. The highest BCUT2D eigenvalue weighted by Gasteiger charge is 2.30. The van der Waals surface area contributed by atoms with E-state index in [0.29, 0.717) is 25.0 Å². The van der Waals surface area contributed by atoms with Gasteiger partial charge in [-0.25, -0.2) is 0 Å². The van der Waals surface area contributed by atoms with Gasteiger partial charge in [-0.05, 0) is 36.8 Å². The SMILES string of the molecule is CCOC1CC(CC(=O)NCc2ccc(CO)cc2)C1. The highest BCUT2D eigenvalue weighted by molar-refractivity contribution is 5.76. The second kappa shape index (κ2) is 7.41. The Bertz CT molecular complexity index is 424. The molecule has 0 radical (unpaired) electrons. The van der Waals surface area contributed by atoms with Gasteiger partial charge in [0.05, 0.1) is 12.7 Å². The zero-order valence-electron chi connectivity index (χ0n) is 12.0. The first-order chi connectivity index (χ1) is 9.71. The van der Waals surface area contributed by atoms with Crippen LogP contribution < -0.4 is 5.32 Å². The third kappa shape index (κ3) is 4.32. The van der Waals surface area contributed by atoms with Crippen LogP contribution in [0.5, 0.6) is 0 Å². The lowest BCUT2D eigenvalue weighted by molar-refractivity contribution is -0.124. The maximum atomic E-state index is 11.8. The van der Waals surface area contributed by atoms with E-state index in [2.05, 4.69) is 5.32 Å². The maximum absolute atomic E-state index is 11.8. The largest absolute Gasteiger partial charge is 0.392 e. The fourth-order valence-corrected chi connectivity index (χ4v) is 2.51. The van der Waals surface area contributed by atoms with Gasteiger partial charge in [-0.3, -0.25) is 4.79 Å². The molecule has 0 spiro atoms. The highest BCUT2D eigenvalue weighted by Crippen LogP contribution is 2.32. The van der Waals surface area contributed by atoms with Crippen molar-refractivity contribution in [1.82, 2.24) is 5.32 Å². The molecule has 0 unspecified atom stereocenters. The van der Waals surface area contributed by atoms with Gasteiger partial charge in [0.25, 0.3) is 0 Å². The van der Waals surface area contributed by atoms with Crippen molar-refractivity contribution in [2.75, 3.05) is 6.61 Å². The number of hydrogen-bond acceptors (Lipinski definition) is 3. The molecule has 110 valence electrons. The van der Waals surface area contributed by atoms with Crippen molar-refractivity contribution in [2.45, 2.75) is 45.4 Å². The normalized spacial score (nSPS) is 21.3. The van der Waals surface area contributed by atoms with Crippen molar-refractivity contribution in [1.29, 1.82) is 0 Å². The van der Waals surface area contributed by atoms with E-state index in [1.54, 1.807) is 0 Å². The molecule has 0 heterocycles. The van der Waals surface area contributed by atoms with Gasteiger partial charge in [0.2, 0.25) is 5.91 Å². The van der Waals surface area contributed by atoms with E-state index in [9.17, 15) is 4.79 Å². The average molecular weight is 277 g/mol. The monoisotopic (exact) mass is 277 g/mol. The Hall–Kier alpha value is -1.39. The summed E-state index contributed by atoms with van der Waals surface area (Å²) in [7, 11) is 0. The summed E-state index contributed by atoms with van der Waals surface area (Å²) in [5, 5.41) is 11.9. The molecule has 1 aliphatic carbocycles. The van der Waals surface area contributed by atoms with Crippen LogP contribution in [0.25, 0.3) is 0 Å². The Balaban J connectivity index is 1.65. The number of ether oxygens (including phenoxy) is 1. The molecule has 1 aliphatic rings. The van der Waals surface area contributed by atoms with Gasteiger partial charge in [-0.1, -0.05) is 24.3 Å². The molecule has 1 aromatic rings. The Morgan fingerprint density at radius 1 is 1.30 bits per heavy atom. The summed E-state index contributed by atoms with van der Waals surface area (Å²) in [4.78, 5) is 11.8. The van der Waals surface area contributed by atoms with Gasteiger partial charge in [-0.2, -0.15) is 0 Å².